The van der Waals surface area contributed by atoms with E-state index in [0.29, 0.717) is 48.7 Å². The summed E-state index contributed by atoms with van der Waals surface area (Å²) in [5, 5.41) is 11.4. The van der Waals surface area contributed by atoms with Gasteiger partial charge in [0, 0.05) is 21.0 Å². The first kappa shape index (κ1) is 17.9. The molecule has 4 rings (SSSR count). The number of aromatic nitrogens is 1. The number of aromatic carboxylic acids is 1. The van der Waals surface area contributed by atoms with Gasteiger partial charge in [0.2, 0.25) is 0 Å². The highest BCUT2D eigenvalue weighted by Gasteiger charge is 2.16. The highest BCUT2D eigenvalue weighted by atomic mass is 35.5. The van der Waals surface area contributed by atoms with Gasteiger partial charge in [-0.05, 0) is 54.6 Å². The summed E-state index contributed by atoms with van der Waals surface area (Å²) in [5.74, 6) is -0.115. The van der Waals surface area contributed by atoms with Gasteiger partial charge in [-0.25, -0.2) is 9.78 Å². The summed E-state index contributed by atoms with van der Waals surface area (Å²) in [7, 11) is 0. The van der Waals surface area contributed by atoms with E-state index in [9.17, 15) is 9.90 Å². The number of pyridine rings is 1. The average molecular weight is 419 g/mol. The second-order valence-electron chi connectivity index (χ2n) is 5.81. The van der Waals surface area contributed by atoms with Crippen molar-refractivity contribution in [3.05, 3.63) is 75.2 Å². The smallest absolute Gasteiger partial charge is 0.336 e. The third-order valence-electron chi connectivity index (χ3n) is 4.06. The topological polar surface area (TPSA) is 63.3 Å². The number of carboxylic acids is 1. The summed E-state index contributed by atoms with van der Waals surface area (Å²) in [6.45, 7) is 0. The van der Waals surface area contributed by atoms with Gasteiger partial charge >= 0.3 is 5.97 Å². The SMILES string of the molecule is O=C(O)c1cc(-c2ccc(-c3ccc(Cl)cc3Cl)o2)nc2ccc(Cl)cc12. The normalized spacial score (nSPS) is 11.1. The van der Waals surface area contributed by atoms with Crippen LogP contribution in [0.5, 0.6) is 0 Å². The average Bonchev–Trinajstić information content (AvgIpc) is 3.10. The Morgan fingerprint density at radius 3 is 2.33 bits per heavy atom. The van der Waals surface area contributed by atoms with Crippen molar-refractivity contribution in [2.45, 2.75) is 0 Å². The zero-order valence-corrected chi connectivity index (χ0v) is 15.8. The lowest BCUT2D eigenvalue weighted by molar-refractivity contribution is 0.0699. The van der Waals surface area contributed by atoms with Gasteiger partial charge in [-0.15, -0.1) is 0 Å². The molecule has 0 spiro atoms. The Bertz CT molecular complexity index is 1200. The zero-order chi connectivity index (χ0) is 19.1. The van der Waals surface area contributed by atoms with E-state index in [4.69, 9.17) is 39.2 Å². The van der Waals surface area contributed by atoms with E-state index < -0.39 is 5.97 Å². The molecule has 1 N–H and O–H groups in total. The van der Waals surface area contributed by atoms with Crippen molar-refractivity contribution in [2.24, 2.45) is 0 Å². The summed E-state index contributed by atoms with van der Waals surface area (Å²) < 4.78 is 5.87. The predicted molar refractivity (Wildman–Crippen MR) is 107 cm³/mol. The standard InChI is InChI=1S/C20H10Cl3NO3/c21-10-2-4-16-13(7-10)14(20(25)26)9-17(24-16)19-6-5-18(27-19)12-3-1-11(22)8-15(12)23/h1-9H,(H,25,26). The van der Waals surface area contributed by atoms with E-state index in [-0.39, 0.29) is 5.56 Å². The number of hydrogen-bond acceptors (Lipinski definition) is 3. The molecule has 0 aliphatic heterocycles. The fraction of sp³-hybridized carbons (Fsp3) is 0. The van der Waals surface area contributed by atoms with Crippen LogP contribution in [0, 0.1) is 0 Å². The molecule has 0 atom stereocenters. The highest BCUT2D eigenvalue weighted by Crippen LogP contribution is 2.35. The van der Waals surface area contributed by atoms with E-state index in [1.54, 1.807) is 48.5 Å². The molecule has 2 heterocycles. The van der Waals surface area contributed by atoms with Gasteiger partial charge in [0.15, 0.2) is 5.76 Å². The van der Waals surface area contributed by atoms with E-state index in [2.05, 4.69) is 4.98 Å². The number of carboxylic acid groups (broad SMARTS) is 1. The lowest BCUT2D eigenvalue weighted by Gasteiger charge is -2.06. The summed E-state index contributed by atoms with van der Waals surface area (Å²) in [4.78, 5) is 16.2. The molecule has 0 fully saturated rings. The maximum absolute atomic E-state index is 11.7. The number of benzene rings is 2. The fourth-order valence-corrected chi connectivity index (χ4v) is 3.48. The Morgan fingerprint density at radius 2 is 1.59 bits per heavy atom. The van der Waals surface area contributed by atoms with Crippen molar-refractivity contribution in [2.75, 3.05) is 0 Å². The van der Waals surface area contributed by atoms with Gasteiger partial charge in [-0.3, -0.25) is 0 Å². The molecule has 0 aliphatic rings. The van der Waals surface area contributed by atoms with Gasteiger partial charge in [0.1, 0.15) is 11.5 Å². The van der Waals surface area contributed by atoms with Crippen LogP contribution in [0.25, 0.3) is 33.7 Å². The number of hydrogen-bond donors (Lipinski definition) is 1. The molecule has 0 radical (unpaired) electrons. The lowest BCUT2D eigenvalue weighted by atomic mass is 10.1. The largest absolute Gasteiger partial charge is 0.478 e. The molecule has 4 nitrogen and oxygen atoms in total. The molecule has 27 heavy (non-hydrogen) atoms. The van der Waals surface area contributed by atoms with Crippen LogP contribution in [-0.2, 0) is 0 Å². The molecule has 0 saturated carbocycles. The van der Waals surface area contributed by atoms with Gasteiger partial charge in [0.25, 0.3) is 0 Å². The zero-order valence-electron chi connectivity index (χ0n) is 13.5. The molecule has 0 saturated heterocycles. The Morgan fingerprint density at radius 1 is 0.889 bits per heavy atom. The Labute approximate surface area is 168 Å². The van der Waals surface area contributed by atoms with Crippen molar-refractivity contribution in [3.63, 3.8) is 0 Å². The van der Waals surface area contributed by atoms with Crippen LogP contribution in [0.4, 0.5) is 0 Å². The van der Waals surface area contributed by atoms with Crippen LogP contribution in [0.1, 0.15) is 10.4 Å². The molecule has 0 aliphatic carbocycles. The minimum Gasteiger partial charge on any atom is -0.478 e. The summed E-state index contributed by atoms with van der Waals surface area (Å²) in [6, 6.07) is 14.9. The fourth-order valence-electron chi connectivity index (χ4n) is 2.81. The molecule has 0 amide bonds. The summed E-state index contributed by atoms with van der Waals surface area (Å²) in [6.07, 6.45) is 0. The summed E-state index contributed by atoms with van der Waals surface area (Å²) in [5.41, 5.74) is 1.69. The molecule has 2 aromatic carbocycles. The lowest BCUT2D eigenvalue weighted by Crippen LogP contribution is -2.00. The van der Waals surface area contributed by atoms with Crippen molar-refractivity contribution < 1.29 is 14.3 Å². The Balaban J connectivity index is 1.85. The molecule has 4 aromatic rings. The number of nitrogens with zero attached hydrogens (tertiary/aromatic N) is 1. The van der Waals surface area contributed by atoms with Crippen molar-refractivity contribution in [1.82, 2.24) is 4.98 Å². The van der Waals surface area contributed by atoms with Crippen LogP contribution in [0.3, 0.4) is 0 Å². The molecule has 2 aromatic heterocycles. The van der Waals surface area contributed by atoms with Crippen molar-refractivity contribution in [1.29, 1.82) is 0 Å². The van der Waals surface area contributed by atoms with Gasteiger partial charge in [0.05, 0.1) is 16.1 Å². The van der Waals surface area contributed by atoms with Crippen LogP contribution in [0.2, 0.25) is 15.1 Å². The van der Waals surface area contributed by atoms with Crippen LogP contribution in [0.15, 0.2) is 59.0 Å². The quantitative estimate of drug-likeness (QED) is 0.396. The second-order valence-corrected chi connectivity index (χ2v) is 7.09. The van der Waals surface area contributed by atoms with E-state index in [1.807, 2.05) is 0 Å². The Kier molecular flexibility index (Phi) is 4.56. The number of furan rings is 1. The van der Waals surface area contributed by atoms with Crippen molar-refractivity contribution >= 4 is 51.7 Å². The first-order valence-corrected chi connectivity index (χ1v) is 8.95. The second kappa shape index (κ2) is 6.89. The first-order valence-electron chi connectivity index (χ1n) is 7.81. The van der Waals surface area contributed by atoms with E-state index >= 15 is 0 Å². The van der Waals surface area contributed by atoms with Gasteiger partial charge in [-0.2, -0.15) is 0 Å². The molecule has 0 unspecified atom stereocenters. The summed E-state index contributed by atoms with van der Waals surface area (Å²) >= 11 is 18.1. The van der Waals surface area contributed by atoms with E-state index in [0.717, 1.165) is 0 Å². The highest BCUT2D eigenvalue weighted by molar-refractivity contribution is 6.36. The third kappa shape index (κ3) is 3.39. The van der Waals surface area contributed by atoms with Crippen LogP contribution < -0.4 is 0 Å². The molecular weight excluding hydrogens is 409 g/mol. The van der Waals surface area contributed by atoms with Gasteiger partial charge in [-0.1, -0.05) is 34.8 Å². The first-order chi connectivity index (χ1) is 12.9. The minimum absolute atomic E-state index is 0.0972. The minimum atomic E-state index is -1.07. The van der Waals surface area contributed by atoms with E-state index in [1.165, 1.54) is 6.07 Å². The predicted octanol–water partition coefficient (Wildman–Crippen LogP) is 6.82. The number of rotatable bonds is 3. The number of halogens is 3. The van der Waals surface area contributed by atoms with Gasteiger partial charge < -0.3 is 9.52 Å². The number of carbonyl (C=O) groups is 1. The van der Waals surface area contributed by atoms with Crippen LogP contribution >= 0.6 is 34.8 Å². The maximum Gasteiger partial charge on any atom is 0.336 e. The molecule has 134 valence electrons. The molecule has 0 bridgehead atoms. The third-order valence-corrected chi connectivity index (χ3v) is 4.84. The Hall–Kier alpha value is -2.53. The molecule has 7 heteroatoms. The van der Waals surface area contributed by atoms with Crippen LogP contribution in [-0.4, -0.2) is 16.1 Å². The van der Waals surface area contributed by atoms with Crippen molar-refractivity contribution in [3.8, 4) is 22.8 Å². The number of fused-ring (bicyclic) bond motifs is 1. The monoisotopic (exact) mass is 417 g/mol. The molecular formula is C20H10Cl3NO3. The maximum atomic E-state index is 11.7.